The SMILES string of the molecule is CC1C(=O)N(c2ccc(Nc3ccc(F)cc3)c(C=N)c2)[C@H](c2ccccc2)C1NC(=O)C1CC1. The lowest BCUT2D eigenvalue weighted by molar-refractivity contribution is -0.123. The summed E-state index contributed by atoms with van der Waals surface area (Å²) in [6, 6.07) is 20.4. The van der Waals surface area contributed by atoms with Gasteiger partial charge in [-0.15, -0.1) is 0 Å². The Labute approximate surface area is 203 Å². The predicted octanol–water partition coefficient (Wildman–Crippen LogP) is 5.19. The molecule has 2 aliphatic rings. The molecule has 2 amide bonds. The Morgan fingerprint density at radius 1 is 1.06 bits per heavy atom. The van der Waals surface area contributed by atoms with E-state index in [1.54, 1.807) is 23.1 Å². The smallest absolute Gasteiger partial charge is 0.232 e. The maximum atomic E-state index is 13.5. The summed E-state index contributed by atoms with van der Waals surface area (Å²) in [5, 5.41) is 14.3. The number of hydrogen-bond donors (Lipinski definition) is 3. The minimum Gasteiger partial charge on any atom is -0.355 e. The summed E-state index contributed by atoms with van der Waals surface area (Å²) in [6.07, 6.45) is 3.01. The number of carbonyl (C=O) groups excluding carboxylic acids is 2. The van der Waals surface area contributed by atoms with Crippen molar-refractivity contribution in [2.24, 2.45) is 11.8 Å². The minimum atomic E-state index is -0.400. The third kappa shape index (κ3) is 4.54. The van der Waals surface area contributed by atoms with Crippen molar-refractivity contribution in [1.29, 1.82) is 5.41 Å². The molecule has 178 valence electrons. The van der Waals surface area contributed by atoms with Gasteiger partial charge in [-0.05, 0) is 60.9 Å². The number of nitrogens with zero attached hydrogens (tertiary/aromatic N) is 1. The van der Waals surface area contributed by atoms with Crippen molar-refractivity contribution in [3.05, 3.63) is 89.7 Å². The molecule has 6 nitrogen and oxygen atoms in total. The van der Waals surface area contributed by atoms with E-state index >= 15 is 0 Å². The van der Waals surface area contributed by atoms with Crippen LogP contribution in [0.5, 0.6) is 0 Å². The first-order valence-corrected chi connectivity index (χ1v) is 11.8. The van der Waals surface area contributed by atoms with Crippen LogP contribution in [-0.2, 0) is 9.59 Å². The lowest BCUT2D eigenvalue weighted by Gasteiger charge is -2.30. The average molecular weight is 471 g/mol. The summed E-state index contributed by atoms with van der Waals surface area (Å²) in [5.41, 5.74) is 3.55. The molecule has 5 rings (SSSR count). The van der Waals surface area contributed by atoms with Crippen LogP contribution >= 0.6 is 0 Å². The number of hydrogen-bond acceptors (Lipinski definition) is 4. The second-order valence-electron chi connectivity index (χ2n) is 9.21. The topological polar surface area (TPSA) is 85.3 Å². The first kappa shape index (κ1) is 22.8. The van der Waals surface area contributed by atoms with Crippen molar-refractivity contribution in [3.8, 4) is 0 Å². The van der Waals surface area contributed by atoms with Gasteiger partial charge in [-0.3, -0.25) is 9.59 Å². The van der Waals surface area contributed by atoms with Crippen LogP contribution in [0.3, 0.4) is 0 Å². The van der Waals surface area contributed by atoms with Crippen molar-refractivity contribution >= 4 is 35.1 Å². The highest BCUT2D eigenvalue weighted by atomic mass is 19.1. The molecule has 3 atom stereocenters. The first-order valence-electron chi connectivity index (χ1n) is 11.8. The Morgan fingerprint density at radius 3 is 2.43 bits per heavy atom. The summed E-state index contributed by atoms with van der Waals surface area (Å²) in [7, 11) is 0. The van der Waals surface area contributed by atoms with Crippen LogP contribution in [0.4, 0.5) is 21.5 Å². The molecule has 0 radical (unpaired) electrons. The fourth-order valence-electron chi connectivity index (χ4n) is 4.69. The van der Waals surface area contributed by atoms with Gasteiger partial charge >= 0.3 is 0 Å². The van der Waals surface area contributed by atoms with Crippen molar-refractivity contribution in [2.75, 3.05) is 10.2 Å². The molecule has 3 aromatic rings. The molecule has 0 spiro atoms. The van der Waals surface area contributed by atoms with Gasteiger partial charge in [0.1, 0.15) is 5.82 Å². The summed E-state index contributed by atoms with van der Waals surface area (Å²) in [4.78, 5) is 28.0. The van der Waals surface area contributed by atoms with E-state index in [1.807, 2.05) is 49.4 Å². The third-order valence-electron chi connectivity index (χ3n) is 6.77. The zero-order chi connectivity index (χ0) is 24.5. The molecule has 1 saturated carbocycles. The number of carbonyl (C=O) groups is 2. The number of anilines is 3. The van der Waals surface area contributed by atoms with E-state index in [1.165, 1.54) is 18.3 Å². The van der Waals surface area contributed by atoms with E-state index < -0.39 is 5.92 Å². The molecule has 1 heterocycles. The summed E-state index contributed by atoms with van der Waals surface area (Å²) < 4.78 is 13.3. The first-order chi connectivity index (χ1) is 17.0. The highest BCUT2D eigenvalue weighted by Gasteiger charge is 2.48. The molecule has 35 heavy (non-hydrogen) atoms. The summed E-state index contributed by atoms with van der Waals surface area (Å²) in [6.45, 7) is 1.86. The maximum absolute atomic E-state index is 13.5. The second-order valence-corrected chi connectivity index (χ2v) is 9.21. The van der Waals surface area contributed by atoms with E-state index in [0.717, 1.165) is 18.4 Å². The fourth-order valence-corrected chi connectivity index (χ4v) is 4.69. The van der Waals surface area contributed by atoms with Crippen LogP contribution in [0.15, 0.2) is 72.8 Å². The molecule has 0 bridgehead atoms. The molecule has 0 aromatic heterocycles. The Bertz CT molecular complexity index is 1260. The van der Waals surface area contributed by atoms with Crippen LogP contribution in [0.2, 0.25) is 0 Å². The van der Waals surface area contributed by atoms with Crippen LogP contribution in [0, 0.1) is 23.1 Å². The van der Waals surface area contributed by atoms with Gasteiger partial charge in [0, 0.05) is 34.8 Å². The van der Waals surface area contributed by atoms with Gasteiger partial charge in [-0.2, -0.15) is 0 Å². The van der Waals surface area contributed by atoms with Gasteiger partial charge in [0.05, 0.1) is 18.0 Å². The van der Waals surface area contributed by atoms with Crippen molar-refractivity contribution in [2.45, 2.75) is 31.8 Å². The Balaban J connectivity index is 1.50. The van der Waals surface area contributed by atoms with Gasteiger partial charge in [-0.25, -0.2) is 4.39 Å². The number of halogens is 1. The highest BCUT2D eigenvalue weighted by Crippen LogP contribution is 2.42. The summed E-state index contributed by atoms with van der Waals surface area (Å²) >= 11 is 0. The van der Waals surface area contributed by atoms with E-state index in [0.29, 0.717) is 22.6 Å². The molecule has 1 aliphatic heterocycles. The zero-order valence-electron chi connectivity index (χ0n) is 19.4. The molecule has 3 aromatic carbocycles. The number of nitrogens with one attached hydrogen (secondary N) is 3. The molecule has 1 aliphatic carbocycles. The fraction of sp³-hybridized carbons (Fsp3) is 0.250. The molecular formula is C28H27FN4O2. The largest absolute Gasteiger partial charge is 0.355 e. The quantitative estimate of drug-likeness (QED) is 0.416. The second kappa shape index (κ2) is 9.33. The van der Waals surface area contributed by atoms with Gasteiger partial charge in [0.2, 0.25) is 11.8 Å². The molecule has 1 saturated heterocycles. The monoisotopic (exact) mass is 470 g/mol. The number of amides is 2. The molecule has 3 N–H and O–H groups in total. The average Bonchev–Trinajstić information content (AvgIpc) is 3.70. The Kier molecular flexibility index (Phi) is 6.07. The van der Waals surface area contributed by atoms with Crippen molar-refractivity contribution in [3.63, 3.8) is 0 Å². The highest BCUT2D eigenvalue weighted by molar-refractivity contribution is 6.01. The Morgan fingerprint density at radius 2 is 1.77 bits per heavy atom. The van der Waals surface area contributed by atoms with Crippen LogP contribution < -0.4 is 15.5 Å². The number of benzene rings is 3. The van der Waals surface area contributed by atoms with E-state index in [-0.39, 0.29) is 35.6 Å². The third-order valence-corrected chi connectivity index (χ3v) is 6.77. The Hall–Kier alpha value is -4.00. The van der Waals surface area contributed by atoms with E-state index in [2.05, 4.69) is 10.6 Å². The van der Waals surface area contributed by atoms with Crippen LogP contribution in [-0.4, -0.2) is 24.1 Å². The molecule has 2 fully saturated rings. The number of rotatable bonds is 7. The van der Waals surface area contributed by atoms with Crippen molar-refractivity contribution in [1.82, 2.24) is 5.32 Å². The van der Waals surface area contributed by atoms with Crippen LogP contribution in [0.1, 0.15) is 36.9 Å². The molecule has 2 unspecified atom stereocenters. The maximum Gasteiger partial charge on any atom is 0.232 e. The van der Waals surface area contributed by atoms with Gasteiger partial charge in [-0.1, -0.05) is 37.3 Å². The minimum absolute atomic E-state index is 0.0106. The zero-order valence-corrected chi connectivity index (χ0v) is 19.4. The standard InChI is InChI=1S/C28H27FN4O2/c1-17-25(32-27(34)19-7-8-19)26(18-5-3-2-4-6-18)33(28(17)35)23-13-14-24(20(15-23)16-30)31-22-11-9-21(29)10-12-22/h2-6,9-17,19,25-26,30-31H,7-8H2,1H3,(H,32,34)/t17?,25?,26-/m1/s1. The molecule has 7 heteroatoms. The van der Waals surface area contributed by atoms with Gasteiger partial charge in [0.15, 0.2) is 0 Å². The van der Waals surface area contributed by atoms with E-state index in [4.69, 9.17) is 5.41 Å². The predicted molar refractivity (Wildman–Crippen MR) is 134 cm³/mol. The lowest BCUT2D eigenvalue weighted by Crippen LogP contribution is -2.42. The van der Waals surface area contributed by atoms with E-state index in [9.17, 15) is 14.0 Å². The van der Waals surface area contributed by atoms with Gasteiger partial charge < -0.3 is 20.9 Å². The molecular weight excluding hydrogens is 443 g/mol. The van der Waals surface area contributed by atoms with Crippen molar-refractivity contribution < 1.29 is 14.0 Å². The normalized spacial score (nSPS) is 21.6. The van der Waals surface area contributed by atoms with Gasteiger partial charge in [0.25, 0.3) is 0 Å². The van der Waals surface area contributed by atoms with Crippen LogP contribution in [0.25, 0.3) is 0 Å². The lowest BCUT2D eigenvalue weighted by atomic mass is 9.94. The summed E-state index contributed by atoms with van der Waals surface area (Å²) in [5.74, 6) is -0.742.